The minimum atomic E-state index is -4.33. The molecule has 0 atom stereocenters. The topological polar surface area (TPSA) is 176 Å². The highest BCUT2D eigenvalue weighted by molar-refractivity contribution is 9.10. The van der Waals surface area contributed by atoms with Crippen LogP contribution in [0.5, 0.6) is 0 Å². The number of nitrogens with one attached hydrogen (secondary N) is 1. The van der Waals surface area contributed by atoms with Gasteiger partial charge in [0.25, 0.3) is 5.91 Å². The predicted octanol–water partition coefficient (Wildman–Crippen LogP) is 2.84. The molecule has 1 aromatic carbocycles. The number of amides is 2. The van der Waals surface area contributed by atoms with E-state index in [4.69, 9.17) is 14.2 Å². The number of sulfone groups is 1. The summed E-state index contributed by atoms with van der Waals surface area (Å²) in [4.78, 5) is 66.2. The number of carbonyl (C=O) groups is 5. The van der Waals surface area contributed by atoms with Crippen LogP contribution in [0.15, 0.2) is 27.7 Å². The Balaban J connectivity index is 1.84. The summed E-state index contributed by atoms with van der Waals surface area (Å²) in [5, 5.41) is 2.25. The van der Waals surface area contributed by atoms with Gasteiger partial charge in [0.1, 0.15) is 27.9 Å². The molecule has 0 radical (unpaired) electrons. The van der Waals surface area contributed by atoms with E-state index in [2.05, 4.69) is 26.2 Å². The van der Waals surface area contributed by atoms with Crippen LogP contribution in [-0.4, -0.2) is 74.5 Å². The molecular formula is C25H26BrN3O10S3. The van der Waals surface area contributed by atoms with E-state index < -0.39 is 51.1 Å². The van der Waals surface area contributed by atoms with Crippen molar-refractivity contribution in [1.82, 2.24) is 4.57 Å². The van der Waals surface area contributed by atoms with E-state index in [1.165, 1.54) is 18.6 Å². The molecular weight excluding hydrogens is 678 g/mol. The zero-order chi connectivity index (χ0) is 31.2. The standard InChI is InChI=1S/C25H26BrN3O10S3/c1-5-38-23(33)20-13(3)21(24(34)39-6-2)41-22(20)27-17(30)11-42(35,36)12-18(31)28-25-29(10-19(32)37-4)15-8-7-14(26)9-16(15)40-25/h7-9H,5-6,10-12H2,1-4H3,(H,27,30). The van der Waals surface area contributed by atoms with Gasteiger partial charge in [0.15, 0.2) is 14.6 Å². The van der Waals surface area contributed by atoms with Crippen molar-refractivity contribution in [2.45, 2.75) is 27.3 Å². The first kappa shape index (κ1) is 33.1. The molecule has 0 aliphatic heterocycles. The highest BCUT2D eigenvalue weighted by atomic mass is 79.9. The van der Waals surface area contributed by atoms with Crippen molar-refractivity contribution in [3.63, 3.8) is 0 Å². The van der Waals surface area contributed by atoms with Gasteiger partial charge in [-0.05, 0) is 44.5 Å². The van der Waals surface area contributed by atoms with Gasteiger partial charge in [0.05, 0.1) is 36.1 Å². The van der Waals surface area contributed by atoms with Crippen molar-refractivity contribution < 1.29 is 46.6 Å². The molecule has 0 aliphatic carbocycles. The van der Waals surface area contributed by atoms with Gasteiger partial charge >= 0.3 is 17.9 Å². The third-order valence-corrected chi connectivity index (χ3v) is 9.53. The Hall–Kier alpha value is -3.41. The maximum Gasteiger partial charge on any atom is 0.348 e. The second-order valence-corrected chi connectivity index (χ2v) is 13.5. The fourth-order valence-corrected chi connectivity index (χ4v) is 7.38. The largest absolute Gasteiger partial charge is 0.468 e. The van der Waals surface area contributed by atoms with Crippen LogP contribution in [0.1, 0.15) is 39.4 Å². The molecule has 0 saturated carbocycles. The average Bonchev–Trinajstić information content (AvgIpc) is 3.39. The number of halogens is 1. The van der Waals surface area contributed by atoms with Crippen LogP contribution in [0.4, 0.5) is 5.00 Å². The molecule has 13 nitrogen and oxygen atoms in total. The second-order valence-electron chi connectivity index (χ2n) is 8.45. The average molecular weight is 705 g/mol. The maximum absolute atomic E-state index is 12.8. The molecule has 0 aliphatic rings. The predicted molar refractivity (Wildman–Crippen MR) is 158 cm³/mol. The third-order valence-electron chi connectivity index (χ3n) is 5.41. The van der Waals surface area contributed by atoms with Gasteiger partial charge in [-0.15, -0.1) is 11.3 Å². The van der Waals surface area contributed by atoms with Crippen LogP contribution in [-0.2, 0) is 45.0 Å². The zero-order valence-corrected chi connectivity index (χ0v) is 26.9. The molecule has 0 fully saturated rings. The van der Waals surface area contributed by atoms with Gasteiger partial charge in [-0.1, -0.05) is 27.3 Å². The molecule has 42 heavy (non-hydrogen) atoms. The maximum atomic E-state index is 12.8. The summed E-state index contributed by atoms with van der Waals surface area (Å²) >= 11 is 5.15. The summed E-state index contributed by atoms with van der Waals surface area (Å²) in [6.45, 7) is 4.48. The number of fused-ring (bicyclic) bond motifs is 1. The molecule has 17 heteroatoms. The summed E-state index contributed by atoms with van der Waals surface area (Å²) < 4.78 is 43.1. The van der Waals surface area contributed by atoms with Crippen LogP contribution in [0, 0.1) is 6.92 Å². The van der Waals surface area contributed by atoms with Gasteiger partial charge in [0.2, 0.25) is 5.91 Å². The lowest BCUT2D eigenvalue weighted by Crippen LogP contribution is -2.29. The first-order valence-electron chi connectivity index (χ1n) is 12.2. The summed E-state index contributed by atoms with van der Waals surface area (Å²) in [6.07, 6.45) is 0. The first-order valence-corrected chi connectivity index (χ1v) is 16.5. The molecule has 2 aromatic heterocycles. The molecule has 3 rings (SSSR count). The van der Waals surface area contributed by atoms with Crippen molar-refractivity contribution in [2.75, 3.05) is 37.1 Å². The summed E-state index contributed by atoms with van der Waals surface area (Å²) in [5.74, 6) is -6.45. The van der Waals surface area contributed by atoms with E-state index in [-0.39, 0.29) is 45.6 Å². The van der Waals surface area contributed by atoms with E-state index in [1.54, 1.807) is 32.0 Å². The number of anilines is 1. The Morgan fingerprint density at radius 3 is 2.33 bits per heavy atom. The minimum absolute atomic E-state index is 0.0208. The third kappa shape index (κ3) is 8.11. The van der Waals surface area contributed by atoms with Crippen LogP contribution in [0.3, 0.4) is 0 Å². The lowest BCUT2D eigenvalue weighted by molar-refractivity contribution is -0.141. The summed E-state index contributed by atoms with van der Waals surface area (Å²) in [6, 6.07) is 5.19. The van der Waals surface area contributed by atoms with Crippen LogP contribution >= 0.6 is 38.6 Å². The minimum Gasteiger partial charge on any atom is -0.468 e. The lowest BCUT2D eigenvalue weighted by atomic mass is 10.1. The number of hydrogen-bond donors (Lipinski definition) is 1. The van der Waals surface area contributed by atoms with Gasteiger partial charge < -0.3 is 24.1 Å². The van der Waals surface area contributed by atoms with Gasteiger partial charge in [0, 0.05) is 4.47 Å². The van der Waals surface area contributed by atoms with E-state index in [1.807, 2.05) is 0 Å². The van der Waals surface area contributed by atoms with Gasteiger partial charge in [-0.25, -0.2) is 18.0 Å². The van der Waals surface area contributed by atoms with Crippen LogP contribution < -0.4 is 10.1 Å². The Labute approximate surface area is 256 Å². The zero-order valence-electron chi connectivity index (χ0n) is 22.8. The van der Waals surface area contributed by atoms with Crippen molar-refractivity contribution in [3.05, 3.63) is 43.5 Å². The molecule has 0 bridgehead atoms. The number of benzene rings is 1. The Morgan fingerprint density at radius 1 is 1.02 bits per heavy atom. The number of esters is 3. The number of ether oxygens (including phenoxy) is 3. The van der Waals surface area contributed by atoms with Crippen molar-refractivity contribution in [2.24, 2.45) is 4.99 Å². The highest BCUT2D eigenvalue weighted by Gasteiger charge is 2.29. The number of thiazole rings is 1. The smallest absolute Gasteiger partial charge is 0.348 e. The summed E-state index contributed by atoms with van der Waals surface area (Å²) in [5.41, 5.74) is 0.682. The fraction of sp³-hybridized carbons (Fsp3) is 0.360. The van der Waals surface area contributed by atoms with E-state index >= 15 is 0 Å². The molecule has 0 spiro atoms. The van der Waals surface area contributed by atoms with Gasteiger partial charge in [-0.3, -0.25) is 14.4 Å². The fourth-order valence-electron chi connectivity index (χ4n) is 3.66. The number of nitrogens with zero attached hydrogens (tertiary/aromatic N) is 2. The lowest BCUT2D eigenvalue weighted by Gasteiger charge is -2.07. The number of carbonyl (C=O) groups excluding carboxylic acids is 5. The molecule has 226 valence electrons. The molecule has 0 saturated heterocycles. The normalized spacial score (nSPS) is 11.8. The van der Waals surface area contributed by atoms with Crippen LogP contribution in [0.25, 0.3) is 10.2 Å². The SMILES string of the molecule is CCOC(=O)c1sc(NC(=O)CS(=O)(=O)CC(=O)N=c2sc3cc(Br)ccc3n2CC(=O)OC)c(C(=O)OCC)c1C. The van der Waals surface area contributed by atoms with Gasteiger partial charge in [-0.2, -0.15) is 4.99 Å². The monoisotopic (exact) mass is 703 g/mol. The molecule has 1 N–H and O–H groups in total. The van der Waals surface area contributed by atoms with E-state index in [0.717, 1.165) is 27.1 Å². The summed E-state index contributed by atoms with van der Waals surface area (Å²) in [7, 11) is -3.12. The Kier molecular flexibility index (Phi) is 11.2. The molecule has 0 unspecified atom stereocenters. The number of rotatable bonds is 11. The molecule has 2 heterocycles. The number of thiophene rings is 1. The van der Waals surface area contributed by atoms with E-state index in [9.17, 15) is 32.4 Å². The van der Waals surface area contributed by atoms with Crippen molar-refractivity contribution in [1.29, 1.82) is 0 Å². The van der Waals surface area contributed by atoms with Crippen molar-refractivity contribution >= 4 is 93.4 Å². The number of methoxy groups -OCH3 is 1. The number of aromatic nitrogens is 1. The first-order chi connectivity index (χ1) is 19.8. The molecule has 2 amide bonds. The van der Waals surface area contributed by atoms with Crippen molar-refractivity contribution in [3.8, 4) is 0 Å². The highest BCUT2D eigenvalue weighted by Crippen LogP contribution is 2.34. The Bertz CT molecular complexity index is 1740. The molecule has 3 aromatic rings. The second kappa shape index (κ2) is 14.2. The number of hydrogen-bond acceptors (Lipinski definition) is 12. The quantitative estimate of drug-likeness (QED) is 0.231. The Morgan fingerprint density at radius 2 is 1.69 bits per heavy atom. The van der Waals surface area contributed by atoms with E-state index in [0.29, 0.717) is 10.2 Å². The van der Waals surface area contributed by atoms with Crippen LogP contribution in [0.2, 0.25) is 0 Å².